The molecule has 0 bridgehead atoms. The molecule has 0 aromatic carbocycles. The molecule has 1 aliphatic carbocycles. The summed E-state index contributed by atoms with van der Waals surface area (Å²) in [5.41, 5.74) is 0.106. The van der Waals surface area contributed by atoms with Gasteiger partial charge in [0, 0.05) is 5.57 Å². The Morgan fingerprint density at radius 2 is 1.23 bits per heavy atom. The van der Waals surface area contributed by atoms with Gasteiger partial charge < -0.3 is 0 Å². The Labute approximate surface area is 152 Å². The second-order valence-electron chi connectivity index (χ2n) is 5.90. The van der Waals surface area contributed by atoms with Crippen molar-refractivity contribution in [2.75, 3.05) is 0 Å². The molecule has 0 saturated heterocycles. The smallest absolute Gasteiger partial charge is 0.198 e. The van der Waals surface area contributed by atoms with Gasteiger partial charge in [0.25, 0.3) is 6.08 Å². The van der Waals surface area contributed by atoms with Crippen LogP contribution in [-0.2, 0) is 0 Å². The van der Waals surface area contributed by atoms with Crippen LogP contribution in [0.5, 0.6) is 0 Å². The van der Waals surface area contributed by atoms with Crippen molar-refractivity contribution in [3.63, 3.8) is 0 Å². The number of nitriles is 4. The lowest BCUT2D eigenvalue weighted by Crippen LogP contribution is -2.11. The highest BCUT2D eigenvalue weighted by Gasteiger charge is 2.45. The van der Waals surface area contributed by atoms with Crippen LogP contribution in [0.15, 0.2) is 47.1 Å². The van der Waals surface area contributed by atoms with Gasteiger partial charge in [0.15, 0.2) is 0 Å². The fourth-order valence-corrected chi connectivity index (χ4v) is 3.20. The molecular formula is C20H18F2N4. The van der Waals surface area contributed by atoms with E-state index in [0.717, 1.165) is 0 Å². The third-order valence-electron chi connectivity index (χ3n) is 4.63. The van der Waals surface area contributed by atoms with Gasteiger partial charge in [0.1, 0.15) is 0 Å². The first kappa shape index (κ1) is 20.8. The quantitative estimate of drug-likeness (QED) is 0.676. The van der Waals surface area contributed by atoms with Crippen LogP contribution < -0.4 is 0 Å². The van der Waals surface area contributed by atoms with Gasteiger partial charge in [-0.1, -0.05) is 27.0 Å². The molecule has 0 N–H and O–H groups in total. The lowest BCUT2D eigenvalue weighted by molar-refractivity contribution is 0.400. The molecule has 0 aromatic heterocycles. The summed E-state index contributed by atoms with van der Waals surface area (Å²) in [6.45, 7) is 11.2. The Morgan fingerprint density at radius 3 is 1.42 bits per heavy atom. The number of nitrogens with zero attached hydrogens (tertiary/aromatic N) is 4. The highest BCUT2D eigenvalue weighted by Crippen LogP contribution is 2.50. The molecule has 0 aromatic rings. The summed E-state index contributed by atoms with van der Waals surface area (Å²) in [6, 6.07) is 7.71. The minimum Gasteiger partial charge on any atom is -0.198 e. The molecule has 0 spiro atoms. The average Bonchev–Trinajstić information content (AvgIpc) is 2.97. The third-order valence-corrected chi connectivity index (χ3v) is 4.63. The number of hydrogen-bond donors (Lipinski definition) is 0. The molecule has 26 heavy (non-hydrogen) atoms. The molecule has 0 radical (unpaired) electrons. The molecule has 0 aliphatic heterocycles. The first-order valence-corrected chi connectivity index (χ1v) is 8.10. The fourth-order valence-electron chi connectivity index (χ4n) is 3.20. The van der Waals surface area contributed by atoms with Gasteiger partial charge >= 0.3 is 0 Å². The molecule has 132 valence electrons. The molecule has 1 rings (SSSR count). The van der Waals surface area contributed by atoms with Crippen LogP contribution in [0.1, 0.15) is 26.7 Å². The summed E-state index contributed by atoms with van der Waals surface area (Å²) < 4.78 is 27.2. The fraction of sp³-hybridized carbons (Fsp3) is 0.400. The van der Waals surface area contributed by atoms with Crippen molar-refractivity contribution < 1.29 is 8.78 Å². The van der Waals surface area contributed by atoms with E-state index in [1.165, 1.54) is 0 Å². The Bertz CT molecular complexity index is 784. The summed E-state index contributed by atoms with van der Waals surface area (Å²) in [4.78, 5) is 0. The largest absolute Gasteiger partial charge is 0.272 e. The summed E-state index contributed by atoms with van der Waals surface area (Å²) in [7, 11) is 0. The van der Waals surface area contributed by atoms with Gasteiger partial charge in [-0.05, 0) is 35.1 Å². The van der Waals surface area contributed by atoms with Crippen molar-refractivity contribution >= 4 is 0 Å². The second-order valence-corrected chi connectivity index (χ2v) is 5.90. The summed E-state index contributed by atoms with van der Waals surface area (Å²) >= 11 is 0. The van der Waals surface area contributed by atoms with Crippen LogP contribution in [0, 0.1) is 69.0 Å². The predicted molar refractivity (Wildman–Crippen MR) is 91.5 cm³/mol. The molecule has 1 aliphatic rings. The van der Waals surface area contributed by atoms with Gasteiger partial charge in [-0.25, -0.2) is 0 Å². The molecular weight excluding hydrogens is 334 g/mol. The predicted octanol–water partition coefficient (Wildman–Crippen LogP) is 4.94. The van der Waals surface area contributed by atoms with E-state index in [2.05, 4.69) is 13.2 Å². The molecule has 0 heterocycles. The molecule has 0 saturated carbocycles. The number of allylic oxidation sites excluding steroid dienone is 5. The van der Waals surface area contributed by atoms with Crippen molar-refractivity contribution in [3.05, 3.63) is 47.1 Å². The zero-order chi connectivity index (χ0) is 20.0. The maximum Gasteiger partial charge on any atom is 0.272 e. The number of hydrogen-bond acceptors (Lipinski definition) is 4. The average molecular weight is 352 g/mol. The van der Waals surface area contributed by atoms with Crippen LogP contribution in [0.25, 0.3) is 0 Å². The first-order valence-electron chi connectivity index (χ1n) is 8.10. The van der Waals surface area contributed by atoms with E-state index >= 15 is 0 Å². The van der Waals surface area contributed by atoms with Crippen molar-refractivity contribution in [3.8, 4) is 24.3 Å². The Morgan fingerprint density at radius 1 is 0.885 bits per heavy atom. The summed E-state index contributed by atoms with van der Waals surface area (Å²) in [5, 5.41) is 37.7. The lowest BCUT2D eigenvalue weighted by atomic mass is 9.82. The number of halogens is 2. The highest BCUT2D eigenvalue weighted by atomic mass is 19.3. The highest BCUT2D eigenvalue weighted by molar-refractivity contribution is 5.62. The van der Waals surface area contributed by atoms with E-state index in [0.29, 0.717) is 12.8 Å². The molecule has 6 heteroatoms. The van der Waals surface area contributed by atoms with E-state index in [-0.39, 0.29) is 22.3 Å². The van der Waals surface area contributed by atoms with Crippen molar-refractivity contribution in [2.24, 2.45) is 23.7 Å². The van der Waals surface area contributed by atoms with Crippen molar-refractivity contribution in [1.29, 1.82) is 21.0 Å². The Hall–Kier alpha value is -3.22. The molecule has 4 unspecified atom stereocenters. The van der Waals surface area contributed by atoms with Gasteiger partial charge in [0.2, 0.25) is 0 Å². The summed E-state index contributed by atoms with van der Waals surface area (Å²) in [6.07, 6.45) is -1.35. The van der Waals surface area contributed by atoms with Crippen molar-refractivity contribution in [2.45, 2.75) is 26.7 Å². The minimum absolute atomic E-state index is 0.133. The van der Waals surface area contributed by atoms with Gasteiger partial charge in [-0.15, -0.1) is 0 Å². The second kappa shape index (κ2) is 8.75. The maximum atomic E-state index is 13.6. The van der Waals surface area contributed by atoms with Crippen LogP contribution in [0.2, 0.25) is 0 Å². The van der Waals surface area contributed by atoms with E-state index < -0.39 is 35.3 Å². The zero-order valence-corrected chi connectivity index (χ0v) is 14.7. The third kappa shape index (κ3) is 3.42. The van der Waals surface area contributed by atoms with E-state index in [9.17, 15) is 29.8 Å². The Kier molecular flexibility index (Phi) is 7.01. The molecule has 0 fully saturated rings. The zero-order valence-electron chi connectivity index (χ0n) is 14.7. The van der Waals surface area contributed by atoms with Crippen LogP contribution in [0.4, 0.5) is 8.78 Å². The van der Waals surface area contributed by atoms with Gasteiger partial charge in [0.05, 0.1) is 47.9 Å². The first-order chi connectivity index (χ1) is 12.3. The van der Waals surface area contributed by atoms with Gasteiger partial charge in [-0.2, -0.15) is 29.8 Å². The normalized spacial score (nSPS) is 21.0. The number of rotatable bonds is 6. The minimum atomic E-state index is -2.11. The SMILES string of the molecule is C=C(C1=C(C(=C)C(C#N)CC)C(C#N)C(=C(F)F)C1C#N)C(C#N)CC. The standard InChI is InChI=1S/C20H18F2N4/c1-5-13(7-23)11(3)17-15(9-25)19(20(21)22)16(10-26)18(17)12(4)14(6-2)8-24/h13-16H,3-6H2,1-2H3. The van der Waals surface area contributed by atoms with Crippen molar-refractivity contribution in [1.82, 2.24) is 0 Å². The van der Waals surface area contributed by atoms with E-state index in [4.69, 9.17) is 0 Å². The van der Waals surface area contributed by atoms with Crippen LogP contribution in [0.3, 0.4) is 0 Å². The van der Waals surface area contributed by atoms with Crippen LogP contribution >= 0.6 is 0 Å². The monoisotopic (exact) mass is 352 g/mol. The maximum absolute atomic E-state index is 13.6. The molecule has 0 amide bonds. The van der Waals surface area contributed by atoms with Gasteiger partial charge in [-0.3, -0.25) is 0 Å². The molecule has 4 nitrogen and oxygen atoms in total. The topological polar surface area (TPSA) is 95.2 Å². The summed E-state index contributed by atoms with van der Waals surface area (Å²) in [5.74, 6) is -4.15. The van der Waals surface area contributed by atoms with E-state index in [1.54, 1.807) is 13.8 Å². The van der Waals surface area contributed by atoms with Crippen LogP contribution in [-0.4, -0.2) is 0 Å². The Balaban J connectivity index is 3.84. The van der Waals surface area contributed by atoms with E-state index in [1.807, 2.05) is 24.3 Å². The lowest BCUT2D eigenvalue weighted by Gasteiger charge is -2.19. The molecule has 4 atom stereocenters.